The Bertz CT molecular complexity index is 5900. The Hall–Kier alpha value is -8.30. The monoisotopic (exact) mass is 1840 g/mol. The molecule has 0 bridgehead atoms. The Morgan fingerprint density at radius 1 is 0.383 bits per heavy atom. The number of methoxy groups -OCH3 is 2. The van der Waals surface area contributed by atoms with Crippen LogP contribution in [0.3, 0.4) is 0 Å². The van der Waals surface area contributed by atoms with Crippen molar-refractivity contribution in [2.75, 3.05) is 14.2 Å². The predicted molar refractivity (Wildman–Crippen MR) is 370 cm³/mol. The number of hydrogen-bond acceptors (Lipinski definition) is 24. The minimum absolute atomic E-state index is 0. The summed E-state index contributed by atoms with van der Waals surface area (Å²) in [5, 5.41) is 36.1. The zero-order chi connectivity index (χ0) is 87.7. The van der Waals surface area contributed by atoms with E-state index in [1.807, 2.05) is 6.07 Å². The molecule has 0 aliphatic carbocycles. The van der Waals surface area contributed by atoms with Gasteiger partial charge in [-0.15, -0.1) is 62.4 Å². The molecular formula is C72H46F14Na4O24S6. The number of phenols is 4. The van der Waals surface area contributed by atoms with E-state index in [0.717, 1.165) is 103 Å². The van der Waals surface area contributed by atoms with Crippen molar-refractivity contribution in [3.8, 4) is 82.2 Å². The van der Waals surface area contributed by atoms with E-state index in [1.54, 1.807) is 0 Å². The number of alkyl halides is 12. The van der Waals surface area contributed by atoms with Crippen molar-refractivity contribution in [1.29, 1.82) is 0 Å². The van der Waals surface area contributed by atoms with Crippen molar-refractivity contribution in [2.24, 2.45) is 0 Å². The first-order valence-corrected chi connectivity index (χ1v) is 38.0. The average molecular weight is 1850 g/mol. The topological polar surface area (TPSA) is 403 Å². The quantitative estimate of drug-likeness (QED) is 0.0201. The van der Waals surface area contributed by atoms with Crippen LogP contribution in [0, 0.1) is 48.5 Å². The molecular weight excluding hydrogens is 1800 g/mol. The van der Waals surface area contributed by atoms with Gasteiger partial charge in [-0.25, -0.2) is 42.5 Å². The van der Waals surface area contributed by atoms with Crippen molar-refractivity contribution in [2.45, 2.75) is 64.9 Å². The molecule has 0 radical (unpaired) electrons. The molecule has 120 heavy (non-hydrogen) atoms. The third-order valence-electron chi connectivity index (χ3n) is 15.1. The summed E-state index contributed by atoms with van der Waals surface area (Å²) >= 11 is 0. The summed E-state index contributed by atoms with van der Waals surface area (Å²) in [4.78, 5) is -4.30. The fourth-order valence-corrected chi connectivity index (χ4v) is 13.9. The Balaban J connectivity index is 0.000000895. The Kier molecular flexibility index (Phi) is 41.3. The molecule has 10 aromatic rings. The molecule has 48 heteroatoms. The molecule has 24 nitrogen and oxygen atoms in total. The van der Waals surface area contributed by atoms with E-state index in [0.29, 0.717) is 78.0 Å². The van der Waals surface area contributed by atoms with E-state index in [-0.39, 0.29) is 163 Å². The SMILES string of the molecule is C#Cc1cc(O)ccc1O.C#Cc1cc(Oc2ccc(S(=O)(=O)c3c[c-]c(Oc4ccc(C(c5ccc(OC)cc5)(C(F)(F)F)C(F)(F)F)cc4)cc3)cc2S(=O)(=O)[O-])ccc1OC.O=S(=O)([O-])c1cc(S(=O)(=O)c2c[c-]c(F)cc2)ccc1F.O=S(=O)=O.O=S(=O)=O.Oc1ccc(C(c2ccc(O)cc2)(C(F)(F)F)C(F)(F)F)cc1.[Na+].[Na+].[Na+].[Na+]. The first-order valence-electron chi connectivity index (χ1n) is 30.3. The van der Waals surface area contributed by atoms with Gasteiger partial charge in [0.15, 0.2) is 19.7 Å². The maximum absolute atomic E-state index is 14.5. The molecule has 616 valence electrons. The van der Waals surface area contributed by atoms with Crippen LogP contribution in [0.25, 0.3) is 0 Å². The van der Waals surface area contributed by atoms with Gasteiger partial charge in [-0.3, -0.25) is 0 Å². The van der Waals surface area contributed by atoms with Gasteiger partial charge in [0, 0.05) is 17.6 Å². The van der Waals surface area contributed by atoms with Crippen molar-refractivity contribution >= 4 is 61.1 Å². The Labute approximate surface area is 764 Å². The number of sulfone groups is 2. The van der Waals surface area contributed by atoms with Crippen molar-refractivity contribution < 1.29 is 287 Å². The number of terminal acetylenes is 2. The Morgan fingerprint density at radius 3 is 1.08 bits per heavy atom. The molecule has 0 spiro atoms. The van der Waals surface area contributed by atoms with Crippen LogP contribution in [0.5, 0.6) is 57.5 Å². The van der Waals surface area contributed by atoms with E-state index < -0.39 is 172 Å². The summed E-state index contributed by atoms with van der Waals surface area (Å²) in [6.45, 7) is 0. The fraction of sp³-hybridized carbons (Fsp3) is 0.111. The first kappa shape index (κ1) is 110. The van der Waals surface area contributed by atoms with E-state index in [1.165, 1.54) is 50.6 Å². The number of halogens is 14. The van der Waals surface area contributed by atoms with Crippen LogP contribution in [0.4, 0.5) is 61.5 Å². The molecule has 0 aliphatic rings. The molecule has 0 atom stereocenters. The van der Waals surface area contributed by atoms with Crippen LogP contribution in [-0.2, 0) is 72.0 Å². The van der Waals surface area contributed by atoms with Crippen molar-refractivity contribution in [3.63, 3.8) is 0 Å². The number of rotatable bonds is 16. The second-order valence-corrected chi connectivity index (χ2v) is 29.6. The van der Waals surface area contributed by atoms with Crippen molar-refractivity contribution in [3.05, 3.63) is 263 Å². The second kappa shape index (κ2) is 45.2. The van der Waals surface area contributed by atoms with Crippen molar-refractivity contribution in [1.82, 2.24) is 0 Å². The minimum atomic E-state index is -5.83. The van der Waals surface area contributed by atoms with Gasteiger partial charge in [0.05, 0.1) is 44.9 Å². The number of aromatic hydroxyl groups is 4. The van der Waals surface area contributed by atoms with Gasteiger partial charge in [-0.2, -0.15) is 77.0 Å². The van der Waals surface area contributed by atoms with Crippen LogP contribution in [0.2, 0.25) is 0 Å². The van der Waals surface area contributed by atoms with Gasteiger partial charge >= 0.3 is 164 Å². The molecule has 0 amide bonds. The van der Waals surface area contributed by atoms with Crippen LogP contribution in [-0.4, -0.2) is 127 Å². The van der Waals surface area contributed by atoms with Gasteiger partial charge in [-0.1, -0.05) is 60.4 Å². The smallest absolute Gasteiger partial charge is 0.744 e. The largest absolute Gasteiger partial charge is 1.00 e. The summed E-state index contributed by atoms with van der Waals surface area (Å²) in [7, 11) is -22.8. The summed E-state index contributed by atoms with van der Waals surface area (Å²) < 4.78 is 386. The summed E-state index contributed by atoms with van der Waals surface area (Å²) in [5.41, 5.74) is -12.5. The third-order valence-corrected chi connectivity index (χ3v) is 20.3. The molecule has 0 unspecified atom stereocenters. The molecule has 0 aromatic heterocycles. The van der Waals surface area contributed by atoms with E-state index in [2.05, 4.69) is 17.9 Å². The second-order valence-electron chi connectivity index (χ2n) is 22.2. The van der Waals surface area contributed by atoms with Gasteiger partial charge < -0.3 is 48.5 Å². The van der Waals surface area contributed by atoms with E-state index >= 15 is 0 Å². The molecule has 10 rings (SSSR count). The van der Waals surface area contributed by atoms with Gasteiger partial charge in [0.2, 0.25) is 10.8 Å². The first-order chi connectivity index (χ1) is 53.6. The van der Waals surface area contributed by atoms with E-state index in [4.69, 9.17) is 77.5 Å². The molecule has 0 fully saturated rings. The maximum atomic E-state index is 14.5. The number of hydrogen-bond donors (Lipinski definition) is 4. The van der Waals surface area contributed by atoms with Gasteiger partial charge in [0.25, 0.3) is 0 Å². The summed E-state index contributed by atoms with van der Waals surface area (Å²) in [6, 6.07) is 34.3. The van der Waals surface area contributed by atoms with Gasteiger partial charge in [0.1, 0.15) is 77.8 Å². The van der Waals surface area contributed by atoms with Crippen LogP contribution >= 0.6 is 0 Å². The zero-order valence-corrected chi connectivity index (χ0v) is 74.4. The molecule has 10 aromatic carbocycles. The molecule has 4 N–H and O–H groups in total. The molecule has 0 heterocycles. The predicted octanol–water partition coefficient (Wildman–Crippen LogP) is 1.31. The molecule has 0 saturated carbocycles. The number of benzene rings is 10. The van der Waals surface area contributed by atoms with Gasteiger partial charge in [-0.05, 0) is 147 Å². The molecule has 0 aliphatic heterocycles. The Morgan fingerprint density at radius 2 is 0.733 bits per heavy atom. The number of ether oxygens (including phenoxy) is 4. The average Bonchev–Trinajstić information content (AvgIpc) is 0.721. The normalized spacial score (nSPS) is 11.4. The minimum Gasteiger partial charge on any atom is -0.744 e. The van der Waals surface area contributed by atoms with E-state index in [9.17, 15) is 104 Å². The number of phenolic OH excluding ortho intramolecular Hbond substituents is 4. The standard InChI is InChI=1S/C37H25F6O9S2.C15H10F6O2.C12H7F2O5S2.C8H6O2.4Na.2O3S/c1-4-23-21-29(15-19-32(23)50-3)52-33-20-18-31(22-34(33)54(46,47)48)53(44,45)30-16-13-28(14-17-30)51-27-11-7-25(8-12-27)35(36(38,39)40,37(41,42)43)24-5-9-26(49-2)10-6-24;16-14(17,18)13(15(19,20)21,9-1-5-11(22)6-2-9)10-3-7-12(23)8-4-10;13-8-1-3-9(4-2-8)20(15,16)10-5-6-11(14)12(7-10)21(17,18)19;1-2-6-5-7(9)3-4-8(6)10;;;;;2*1-4(2)3/h1,5-13,15-22H,2-3H3,(H,46,47,48);1-8,22-23H;1,3-7H,(H,17,18,19);1,3-5,9-10H;;;;;;/q-1;;-1;;4*+1;;/p-2. The van der Waals surface area contributed by atoms with Crippen LogP contribution < -0.4 is 137 Å². The third kappa shape index (κ3) is 27.9. The maximum Gasteiger partial charge on any atom is 1.00 e. The molecule has 0 saturated heterocycles. The fourth-order valence-electron chi connectivity index (χ4n) is 9.99. The zero-order valence-electron chi connectivity index (χ0n) is 61.5. The summed E-state index contributed by atoms with van der Waals surface area (Å²) in [5.74, 6) is 1.07. The van der Waals surface area contributed by atoms with Crippen LogP contribution in [0.1, 0.15) is 33.4 Å². The van der Waals surface area contributed by atoms with Crippen LogP contribution in [0.15, 0.2) is 236 Å². The summed E-state index contributed by atoms with van der Waals surface area (Å²) in [6.07, 6.45) is -12.6.